The quantitative estimate of drug-likeness (QED) is 0.167. The molecular formula is C38H67NO5SSi2. The SMILES string of the molecule is C/C(=C\c1csc(C)n1)C1C/C=C\CCCC(C)C(O[Si](C)(C)C(C)(C)C)C(C)C(=O)C(C)(C)C(O[Si](C)(C)C(C)(C)C)CC(=O)O1. The Kier molecular flexibility index (Phi) is 14.3. The number of carbonyl (C=O) groups excluding carboxylic acids is 2. The van der Waals surface area contributed by atoms with E-state index >= 15 is 0 Å². The lowest BCUT2D eigenvalue weighted by Gasteiger charge is -2.46. The molecule has 0 bridgehead atoms. The van der Waals surface area contributed by atoms with Gasteiger partial charge in [-0.2, -0.15) is 0 Å². The molecule has 2 heterocycles. The van der Waals surface area contributed by atoms with Crippen molar-refractivity contribution in [3.8, 4) is 0 Å². The van der Waals surface area contributed by atoms with Gasteiger partial charge in [0.15, 0.2) is 16.6 Å². The molecule has 5 atom stereocenters. The van der Waals surface area contributed by atoms with Crippen molar-refractivity contribution in [3.05, 3.63) is 33.8 Å². The molecule has 1 aromatic rings. The zero-order chi connectivity index (χ0) is 36.2. The number of cyclic esters (lactones) is 1. The topological polar surface area (TPSA) is 74.7 Å². The molecule has 2 rings (SSSR count). The zero-order valence-corrected chi connectivity index (χ0v) is 35.4. The summed E-state index contributed by atoms with van der Waals surface area (Å²) in [5.41, 5.74) is 0.873. The van der Waals surface area contributed by atoms with Gasteiger partial charge in [-0.1, -0.05) is 81.4 Å². The normalized spacial score (nSPS) is 27.4. The lowest BCUT2D eigenvalue weighted by atomic mass is 9.73. The maximum Gasteiger partial charge on any atom is 0.309 e. The Morgan fingerprint density at radius 2 is 1.57 bits per heavy atom. The van der Waals surface area contributed by atoms with Gasteiger partial charge in [-0.05, 0) is 86.9 Å². The molecule has 9 heteroatoms. The molecule has 1 aliphatic rings. The molecule has 0 aliphatic carbocycles. The fourth-order valence-corrected chi connectivity index (χ4v) is 9.10. The van der Waals surface area contributed by atoms with Crippen molar-refractivity contribution < 1.29 is 23.2 Å². The Balaban J connectivity index is 2.62. The lowest BCUT2D eigenvalue weighted by Crippen LogP contribution is -2.54. The van der Waals surface area contributed by atoms with E-state index in [1.807, 2.05) is 46.1 Å². The maximum atomic E-state index is 14.8. The Labute approximate surface area is 293 Å². The summed E-state index contributed by atoms with van der Waals surface area (Å²) in [5, 5.41) is 2.94. The Morgan fingerprint density at radius 3 is 2.11 bits per heavy atom. The van der Waals surface area contributed by atoms with Crippen LogP contribution in [0.3, 0.4) is 0 Å². The molecule has 0 saturated heterocycles. The average molecular weight is 706 g/mol. The molecule has 0 saturated carbocycles. The van der Waals surface area contributed by atoms with E-state index in [4.69, 9.17) is 13.6 Å². The van der Waals surface area contributed by atoms with Crippen molar-refractivity contribution in [2.24, 2.45) is 17.3 Å². The van der Waals surface area contributed by atoms with E-state index in [9.17, 15) is 9.59 Å². The van der Waals surface area contributed by atoms with Crippen LogP contribution in [0.5, 0.6) is 0 Å². The summed E-state index contributed by atoms with van der Waals surface area (Å²) in [4.78, 5) is 33.3. The highest BCUT2D eigenvalue weighted by atomic mass is 32.1. The van der Waals surface area contributed by atoms with Crippen LogP contribution in [0.2, 0.25) is 36.3 Å². The molecular weight excluding hydrogens is 639 g/mol. The van der Waals surface area contributed by atoms with Gasteiger partial charge in [0, 0.05) is 23.1 Å². The van der Waals surface area contributed by atoms with Gasteiger partial charge in [0.25, 0.3) is 0 Å². The van der Waals surface area contributed by atoms with Crippen LogP contribution in [0.4, 0.5) is 0 Å². The van der Waals surface area contributed by atoms with E-state index in [1.54, 1.807) is 11.3 Å². The van der Waals surface area contributed by atoms with Crippen molar-refractivity contribution in [2.45, 2.75) is 170 Å². The van der Waals surface area contributed by atoms with Crippen molar-refractivity contribution in [3.63, 3.8) is 0 Å². The highest BCUT2D eigenvalue weighted by Gasteiger charge is 2.50. The highest BCUT2D eigenvalue weighted by molar-refractivity contribution is 7.09. The fraction of sp³-hybridized carbons (Fsp3) is 0.763. The summed E-state index contributed by atoms with van der Waals surface area (Å²) in [6.07, 6.45) is 8.53. The number of thiazole rings is 1. The third kappa shape index (κ3) is 11.3. The first-order valence-corrected chi connectivity index (χ1v) is 24.3. The van der Waals surface area contributed by atoms with E-state index in [2.05, 4.69) is 91.8 Å². The number of hydrogen-bond acceptors (Lipinski definition) is 7. The van der Waals surface area contributed by atoms with Crippen molar-refractivity contribution in [2.75, 3.05) is 0 Å². The molecule has 0 fully saturated rings. The van der Waals surface area contributed by atoms with Gasteiger partial charge >= 0.3 is 5.97 Å². The molecule has 1 aliphatic heterocycles. The van der Waals surface area contributed by atoms with Crippen molar-refractivity contribution in [1.29, 1.82) is 0 Å². The van der Waals surface area contributed by atoms with Gasteiger partial charge in [0.1, 0.15) is 11.9 Å². The van der Waals surface area contributed by atoms with Gasteiger partial charge < -0.3 is 13.6 Å². The zero-order valence-electron chi connectivity index (χ0n) is 32.6. The van der Waals surface area contributed by atoms with E-state index in [0.29, 0.717) is 6.42 Å². The first-order chi connectivity index (χ1) is 21.3. The first kappa shape index (κ1) is 41.8. The standard InChI is InChI=1S/C38H67NO5SSi2/c1-26-21-19-17-18-20-22-31(27(2)23-30-25-45-29(4)39-30)42-33(40)24-32(43-46(13,14)36(5,6)7)38(11,12)35(41)28(3)34(26)44-47(15,16)37(8,9)10/h18,20,23,25-26,28,31-32,34H,17,19,21-22,24H2,1-16H3/b20-18-,27-23+. The number of carbonyl (C=O) groups is 2. The van der Waals surface area contributed by atoms with Gasteiger partial charge in [-0.25, -0.2) is 4.98 Å². The number of nitrogens with zero attached hydrogens (tertiary/aromatic N) is 1. The second kappa shape index (κ2) is 16.1. The monoisotopic (exact) mass is 705 g/mol. The number of allylic oxidation sites excluding steroid dienone is 1. The predicted octanol–water partition coefficient (Wildman–Crippen LogP) is 10.9. The third-order valence-corrected chi connectivity index (χ3v) is 20.8. The molecule has 0 N–H and O–H groups in total. The van der Waals surface area contributed by atoms with E-state index in [-0.39, 0.29) is 46.2 Å². The number of aromatic nitrogens is 1. The number of ketones is 1. The molecule has 0 aromatic carbocycles. The van der Waals surface area contributed by atoms with Gasteiger partial charge in [0.05, 0.1) is 29.3 Å². The van der Waals surface area contributed by atoms with Crippen LogP contribution in [0.15, 0.2) is 23.1 Å². The predicted molar refractivity (Wildman–Crippen MR) is 204 cm³/mol. The van der Waals surface area contributed by atoms with E-state index in [1.165, 1.54) is 0 Å². The summed E-state index contributed by atoms with van der Waals surface area (Å²) in [5.74, 6) is -0.427. The average Bonchev–Trinajstić information content (AvgIpc) is 3.33. The Bertz CT molecular complexity index is 1270. The van der Waals surface area contributed by atoms with Crippen LogP contribution >= 0.6 is 11.3 Å². The Hall–Kier alpha value is -1.40. The largest absolute Gasteiger partial charge is 0.457 e. The first-order valence-electron chi connectivity index (χ1n) is 17.6. The molecule has 1 aromatic heterocycles. The van der Waals surface area contributed by atoms with E-state index in [0.717, 1.165) is 35.5 Å². The molecule has 0 amide bonds. The number of hydrogen-bond donors (Lipinski definition) is 0. The number of ether oxygens (including phenoxy) is 1. The molecule has 6 nitrogen and oxygen atoms in total. The number of aryl methyl sites for hydroxylation is 1. The second-order valence-electron chi connectivity index (χ2n) is 17.6. The van der Waals surface area contributed by atoms with E-state index < -0.39 is 34.3 Å². The van der Waals surface area contributed by atoms with Crippen molar-refractivity contribution >= 4 is 45.8 Å². The van der Waals surface area contributed by atoms with Crippen LogP contribution in [-0.4, -0.2) is 51.7 Å². The summed E-state index contributed by atoms with van der Waals surface area (Å²) in [6, 6.07) is 0. The van der Waals surface area contributed by atoms with Crippen molar-refractivity contribution in [1.82, 2.24) is 4.98 Å². The molecule has 5 unspecified atom stereocenters. The molecule has 47 heavy (non-hydrogen) atoms. The van der Waals surface area contributed by atoms with Gasteiger partial charge in [0.2, 0.25) is 0 Å². The Morgan fingerprint density at radius 1 is 1.00 bits per heavy atom. The lowest BCUT2D eigenvalue weighted by molar-refractivity contribution is -0.153. The molecule has 268 valence electrons. The number of rotatable bonds is 6. The fourth-order valence-electron chi connectivity index (χ4n) is 5.62. The maximum absolute atomic E-state index is 14.8. The van der Waals surface area contributed by atoms with Crippen LogP contribution < -0.4 is 0 Å². The minimum absolute atomic E-state index is 0.00455. The summed E-state index contributed by atoms with van der Waals surface area (Å²) in [6.45, 7) is 34.4. The summed E-state index contributed by atoms with van der Waals surface area (Å²) in [7, 11) is -4.57. The highest BCUT2D eigenvalue weighted by Crippen LogP contribution is 2.44. The third-order valence-electron chi connectivity index (χ3n) is 11.1. The van der Waals surface area contributed by atoms with Crippen LogP contribution in [0, 0.1) is 24.2 Å². The van der Waals surface area contributed by atoms with Crippen LogP contribution in [-0.2, 0) is 23.2 Å². The molecule has 0 radical (unpaired) electrons. The smallest absolute Gasteiger partial charge is 0.309 e. The number of Topliss-reactive ketones (excluding diaryl/α,β-unsaturated/α-hetero) is 1. The minimum atomic E-state index is -2.38. The second-order valence-corrected chi connectivity index (χ2v) is 28.1. The molecule has 0 spiro atoms. The van der Waals surface area contributed by atoms with Crippen LogP contribution in [0.25, 0.3) is 6.08 Å². The van der Waals surface area contributed by atoms with Gasteiger partial charge in [-0.3, -0.25) is 9.59 Å². The minimum Gasteiger partial charge on any atom is -0.457 e. The summed E-state index contributed by atoms with van der Waals surface area (Å²) < 4.78 is 20.4. The summed E-state index contributed by atoms with van der Waals surface area (Å²) >= 11 is 1.60. The van der Waals surface area contributed by atoms with Gasteiger partial charge in [-0.15, -0.1) is 11.3 Å². The van der Waals surface area contributed by atoms with Crippen LogP contribution in [0.1, 0.15) is 119 Å². The number of esters is 1.